The monoisotopic (exact) mass is 347 g/mol. The van der Waals surface area contributed by atoms with E-state index in [2.05, 4.69) is 5.32 Å². The van der Waals surface area contributed by atoms with Gasteiger partial charge in [-0.15, -0.1) is 0 Å². The minimum Gasteiger partial charge on any atom is -0.496 e. The predicted octanol–water partition coefficient (Wildman–Crippen LogP) is 4.64. The lowest BCUT2D eigenvalue weighted by atomic mass is 9.98. The molecule has 0 unspecified atom stereocenters. The average molecular weight is 347 g/mol. The van der Waals surface area contributed by atoms with Crippen LogP contribution in [0.4, 0.5) is 18.9 Å². The highest BCUT2D eigenvalue weighted by molar-refractivity contribution is 5.97. The first-order valence-electron chi connectivity index (χ1n) is 7.88. The Morgan fingerprint density at radius 1 is 1.21 bits per heavy atom. The smallest absolute Gasteiger partial charge is 0.420 e. The van der Waals surface area contributed by atoms with Crippen LogP contribution in [0.3, 0.4) is 0 Å². The molecule has 0 radical (unpaired) electrons. The van der Waals surface area contributed by atoms with Crippen LogP contribution in [0.1, 0.15) is 45.6 Å². The van der Waals surface area contributed by atoms with Crippen LogP contribution in [-0.2, 0) is 15.7 Å². The molecule has 1 aromatic carbocycles. The predicted molar refractivity (Wildman–Crippen MR) is 86.2 cm³/mol. The molecule has 0 aromatic heterocycles. The van der Waals surface area contributed by atoms with Gasteiger partial charge in [0.2, 0.25) is 0 Å². The summed E-state index contributed by atoms with van der Waals surface area (Å²) in [4.78, 5) is 12.5. The fourth-order valence-electron chi connectivity index (χ4n) is 2.33. The van der Waals surface area contributed by atoms with E-state index in [0.29, 0.717) is 19.4 Å². The van der Waals surface area contributed by atoms with E-state index in [4.69, 9.17) is 9.47 Å². The number of alkyl halides is 3. The lowest BCUT2D eigenvalue weighted by Gasteiger charge is -2.28. The Labute approximate surface area is 140 Å². The van der Waals surface area contributed by atoms with Crippen molar-refractivity contribution in [2.24, 2.45) is 0 Å². The highest BCUT2D eigenvalue weighted by Gasteiger charge is 2.36. The van der Waals surface area contributed by atoms with E-state index in [1.807, 2.05) is 13.8 Å². The number of methoxy groups -OCH3 is 1. The van der Waals surface area contributed by atoms with Crippen molar-refractivity contribution in [2.75, 3.05) is 19.0 Å². The van der Waals surface area contributed by atoms with Gasteiger partial charge in [0.1, 0.15) is 11.4 Å². The van der Waals surface area contributed by atoms with Crippen LogP contribution in [-0.4, -0.2) is 25.2 Å². The Balaban J connectivity index is 3.04. The number of carbonyl (C=O) groups is 1. The number of benzene rings is 1. The number of amides is 1. The molecule has 1 amide bonds. The second kappa shape index (κ2) is 8.37. The van der Waals surface area contributed by atoms with Gasteiger partial charge in [-0.25, -0.2) is 0 Å². The first-order chi connectivity index (χ1) is 11.2. The van der Waals surface area contributed by atoms with E-state index in [0.717, 1.165) is 12.5 Å². The maximum Gasteiger partial charge on any atom is 0.420 e. The van der Waals surface area contributed by atoms with Crippen molar-refractivity contribution in [3.63, 3.8) is 0 Å². The molecule has 0 aliphatic heterocycles. The molecular weight excluding hydrogens is 323 g/mol. The zero-order valence-corrected chi connectivity index (χ0v) is 14.4. The van der Waals surface area contributed by atoms with E-state index in [1.54, 1.807) is 6.92 Å². The minimum atomic E-state index is -4.57. The Morgan fingerprint density at radius 2 is 1.88 bits per heavy atom. The second-order valence-electron chi connectivity index (χ2n) is 5.70. The largest absolute Gasteiger partial charge is 0.496 e. The fraction of sp³-hybridized carbons (Fsp3) is 0.588. The van der Waals surface area contributed by atoms with Crippen LogP contribution in [0, 0.1) is 0 Å². The third-order valence-corrected chi connectivity index (χ3v) is 3.59. The molecule has 136 valence electrons. The van der Waals surface area contributed by atoms with Crippen molar-refractivity contribution in [3.05, 3.63) is 23.8 Å². The standard InChI is InChI=1S/C17H24F3NO3/c1-5-9-16(3,24-10-6-2)15(22)21-12-7-8-14(23-4)13(11-12)17(18,19)20/h7-8,11H,5-6,9-10H2,1-4H3,(H,21,22)/t16-/m0/s1. The third-order valence-electron chi connectivity index (χ3n) is 3.59. The Morgan fingerprint density at radius 3 is 2.38 bits per heavy atom. The van der Waals surface area contributed by atoms with Crippen LogP contribution < -0.4 is 10.1 Å². The van der Waals surface area contributed by atoms with Crippen molar-refractivity contribution >= 4 is 11.6 Å². The maximum absolute atomic E-state index is 13.1. The van der Waals surface area contributed by atoms with Gasteiger partial charge in [-0.05, 0) is 38.0 Å². The number of halogens is 3. The van der Waals surface area contributed by atoms with Crippen LogP contribution in [0.2, 0.25) is 0 Å². The molecule has 0 bridgehead atoms. The molecule has 0 aliphatic carbocycles. The van der Waals surface area contributed by atoms with Gasteiger partial charge in [-0.2, -0.15) is 13.2 Å². The van der Waals surface area contributed by atoms with Gasteiger partial charge in [0.15, 0.2) is 0 Å². The lowest BCUT2D eigenvalue weighted by Crippen LogP contribution is -2.43. The lowest BCUT2D eigenvalue weighted by molar-refractivity contribution is -0.141. The number of nitrogens with one attached hydrogen (secondary N) is 1. The number of ether oxygens (including phenoxy) is 2. The van der Waals surface area contributed by atoms with Crippen molar-refractivity contribution < 1.29 is 27.4 Å². The Kier molecular flexibility index (Phi) is 7.08. The number of carbonyl (C=O) groups excluding carboxylic acids is 1. The third kappa shape index (κ3) is 5.12. The molecule has 0 fully saturated rings. The molecular formula is C17H24F3NO3. The van der Waals surface area contributed by atoms with E-state index >= 15 is 0 Å². The van der Waals surface area contributed by atoms with Crippen molar-refractivity contribution in [1.82, 2.24) is 0 Å². The molecule has 0 saturated heterocycles. The molecule has 7 heteroatoms. The molecule has 0 heterocycles. The molecule has 0 aliphatic rings. The highest BCUT2D eigenvalue weighted by atomic mass is 19.4. The van der Waals surface area contributed by atoms with Gasteiger partial charge in [-0.3, -0.25) is 4.79 Å². The molecule has 0 saturated carbocycles. The van der Waals surface area contributed by atoms with E-state index < -0.39 is 23.2 Å². The number of hydrogen-bond acceptors (Lipinski definition) is 3. The van der Waals surface area contributed by atoms with Crippen LogP contribution in [0.15, 0.2) is 18.2 Å². The van der Waals surface area contributed by atoms with Crippen LogP contribution in [0.25, 0.3) is 0 Å². The zero-order valence-electron chi connectivity index (χ0n) is 14.4. The first kappa shape index (κ1) is 20.3. The Hall–Kier alpha value is -1.76. The van der Waals surface area contributed by atoms with Crippen molar-refractivity contribution in [3.8, 4) is 5.75 Å². The van der Waals surface area contributed by atoms with E-state index in [1.165, 1.54) is 19.2 Å². The highest BCUT2D eigenvalue weighted by Crippen LogP contribution is 2.38. The molecule has 24 heavy (non-hydrogen) atoms. The van der Waals surface area contributed by atoms with E-state index in [-0.39, 0.29) is 11.4 Å². The summed E-state index contributed by atoms with van der Waals surface area (Å²) >= 11 is 0. The molecule has 1 atom stereocenters. The van der Waals surface area contributed by atoms with Gasteiger partial charge >= 0.3 is 6.18 Å². The summed E-state index contributed by atoms with van der Waals surface area (Å²) in [6.45, 7) is 5.88. The summed E-state index contributed by atoms with van der Waals surface area (Å²) in [7, 11) is 1.17. The quantitative estimate of drug-likeness (QED) is 0.745. The topological polar surface area (TPSA) is 47.6 Å². The summed E-state index contributed by atoms with van der Waals surface area (Å²) < 4.78 is 49.5. The number of anilines is 1. The summed E-state index contributed by atoms with van der Waals surface area (Å²) in [5, 5.41) is 2.52. The average Bonchev–Trinajstić information content (AvgIpc) is 2.52. The SMILES string of the molecule is CCCO[C@@](C)(CCC)C(=O)Nc1ccc(OC)c(C(F)(F)F)c1. The van der Waals surface area contributed by atoms with Crippen molar-refractivity contribution in [1.29, 1.82) is 0 Å². The summed E-state index contributed by atoms with van der Waals surface area (Å²) in [6.07, 6.45) is -2.64. The van der Waals surface area contributed by atoms with E-state index in [9.17, 15) is 18.0 Å². The first-order valence-corrected chi connectivity index (χ1v) is 7.88. The van der Waals surface area contributed by atoms with Crippen LogP contribution in [0.5, 0.6) is 5.75 Å². The summed E-state index contributed by atoms with van der Waals surface area (Å²) in [5.41, 5.74) is -1.96. The summed E-state index contributed by atoms with van der Waals surface area (Å²) in [5.74, 6) is -0.754. The van der Waals surface area contributed by atoms with Gasteiger partial charge in [0.05, 0.1) is 12.7 Å². The minimum absolute atomic E-state index is 0.0514. The molecule has 1 aromatic rings. The molecule has 1 N–H and O–H groups in total. The Bertz CT molecular complexity index is 561. The number of rotatable bonds is 8. The second-order valence-corrected chi connectivity index (χ2v) is 5.70. The molecule has 4 nitrogen and oxygen atoms in total. The number of hydrogen-bond donors (Lipinski definition) is 1. The zero-order chi connectivity index (χ0) is 18.4. The van der Waals surface area contributed by atoms with Gasteiger partial charge < -0.3 is 14.8 Å². The fourth-order valence-corrected chi connectivity index (χ4v) is 2.33. The van der Waals surface area contributed by atoms with Crippen molar-refractivity contribution in [2.45, 2.75) is 51.8 Å². The normalized spacial score (nSPS) is 14.1. The molecule has 0 spiro atoms. The van der Waals surface area contributed by atoms with Gasteiger partial charge in [-0.1, -0.05) is 20.3 Å². The maximum atomic E-state index is 13.1. The van der Waals surface area contributed by atoms with Crippen LogP contribution >= 0.6 is 0 Å². The van der Waals surface area contributed by atoms with Gasteiger partial charge in [0, 0.05) is 12.3 Å². The molecule has 1 rings (SSSR count). The van der Waals surface area contributed by atoms with Gasteiger partial charge in [0.25, 0.3) is 5.91 Å². The summed E-state index contributed by atoms with van der Waals surface area (Å²) in [6, 6.07) is 3.42.